The number of amides is 2. The highest BCUT2D eigenvalue weighted by Gasteiger charge is 2.29. The Balaban J connectivity index is 1.59. The lowest BCUT2D eigenvalue weighted by atomic mass is 9.88. The molecule has 1 saturated carbocycles. The number of nitrogens with one attached hydrogen (secondary N) is 1. The van der Waals surface area contributed by atoms with E-state index in [9.17, 15) is 9.59 Å². The zero-order valence-corrected chi connectivity index (χ0v) is 23.3. The van der Waals surface area contributed by atoms with E-state index in [4.69, 9.17) is 9.47 Å². The van der Waals surface area contributed by atoms with E-state index < -0.39 is 0 Å². The lowest BCUT2D eigenvalue weighted by Gasteiger charge is -2.35. The minimum absolute atomic E-state index is 0.0517. The van der Waals surface area contributed by atoms with Crippen molar-refractivity contribution in [2.75, 3.05) is 39.2 Å². The van der Waals surface area contributed by atoms with E-state index in [1.807, 2.05) is 11.6 Å². The SMILES string of the molecule is CO[C@H]1CN(C)C(=O)c2ccc(NC(=O)C3CCCCC3)cc2OC[C@H](C)N(Cc2nccs2)C[C@@H]1C. The van der Waals surface area contributed by atoms with Gasteiger partial charge in [-0.3, -0.25) is 14.5 Å². The summed E-state index contributed by atoms with van der Waals surface area (Å²) in [7, 11) is 3.50. The first kappa shape index (κ1) is 27.5. The number of hydrogen-bond acceptors (Lipinski definition) is 7. The van der Waals surface area contributed by atoms with Gasteiger partial charge in [-0.25, -0.2) is 4.98 Å². The summed E-state index contributed by atoms with van der Waals surface area (Å²) in [5.41, 5.74) is 1.15. The molecule has 9 heteroatoms. The maximum atomic E-state index is 13.4. The summed E-state index contributed by atoms with van der Waals surface area (Å²) in [5, 5.41) is 6.12. The molecule has 2 aliphatic rings. The van der Waals surface area contributed by atoms with Crippen molar-refractivity contribution in [3.05, 3.63) is 40.3 Å². The van der Waals surface area contributed by atoms with Crippen LogP contribution in [0.15, 0.2) is 29.8 Å². The number of thiazole rings is 1. The van der Waals surface area contributed by atoms with Gasteiger partial charge in [0.2, 0.25) is 5.91 Å². The van der Waals surface area contributed by atoms with Crippen LogP contribution in [0.1, 0.15) is 61.3 Å². The summed E-state index contributed by atoms with van der Waals surface area (Å²) < 4.78 is 12.1. The fourth-order valence-electron chi connectivity index (χ4n) is 5.26. The van der Waals surface area contributed by atoms with E-state index in [-0.39, 0.29) is 35.8 Å². The molecule has 0 spiro atoms. The van der Waals surface area contributed by atoms with Gasteiger partial charge in [-0.2, -0.15) is 0 Å². The maximum Gasteiger partial charge on any atom is 0.257 e. The second kappa shape index (κ2) is 12.8. The summed E-state index contributed by atoms with van der Waals surface area (Å²) in [6, 6.07) is 5.43. The van der Waals surface area contributed by atoms with E-state index in [1.54, 1.807) is 48.6 Å². The summed E-state index contributed by atoms with van der Waals surface area (Å²) >= 11 is 1.65. The van der Waals surface area contributed by atoms with E-state index >= 15 is 0 Å². The number of methoxy groups -OCH3 is 1. The predicted molar refractivity (Wildman–Crippen MR) is 146 cm³/mol. The Kier molecular flexibility index (Phi) is 9.56. The fraction of sp³-hybridized carbons (Fsp3) is 0.607. The third kappa shape index (κ3) is 7.09. The summed E-state index contributed by atoms with van der Waals surface area (Å²) in [6.07, 6.45) is 6.99. The third-order valence-corrected chi connectivity index (χ3v) is 8.41. The standard InChI is InChI=1S/C28H40N4O4S/c1-19-15-32(17-26-29-12-13-37-26)20(2)18-36-24-14-22(30-27(33)21-8-6-5-7-9-21)10-11-23(24)28(34)31(3)16-25(19)35-4/h10-14,19-21,25H,5-9,15-18H2,1-4H3,(H,30,33)/t19-,20-,25-/m0/s1. The quantitative estimate of drug-likeness (QED) is 0.607. The van der Waals surface area contributed by atoms with Crippen molar-refractivity contribution in [1.82, 2.24) is 14.8 Å². The van der Waals surface area contributed by atoms with Crippen molar-refractivity contribution >= 4 is 28.8 Å². The van der Waals surface area contributed by atoms with E-state index in [0.717, 1.165) is 43.8 Å². The second-order valence-corrected chi connectivity index (χ2v) is 11.5. The van der Waals surface area contributed by atoms with Gasteiger partial charge in [0.1, 0.15) is 17.4 Å². The number of benzene rings is 1. The monoisotopic (exact) mass is 528 g/mol. The molecular formula is C28H40N4O4S. The lowest BCUT2D eigenvalue weighted by molar-refractivity contribution is -0.120. The normalized spacial score (nSPS) is 24.5. The Morgan fingerprint density at radius 2 is 2.00 bits per heavy atom. The molecule has 0 radical (unpaired) electrons. The molecule has 0 bridgehead atoms. The van der Waals surface area contributed by atoms with Gasteiger partial charge in [-0.1, -0.05) is 26.2 Å². The van der Waals surface area contributed by atoms with Gasteiger partial charge in [-0.05, 0) is 37.8 Å². The molecule has 1 fully saturated rings. The van der Waals surface area contributed by atoms with Crippen molar-refractivity contribution < 1.29 is 19.1 Å². The molecular weight excluding hydrogens is 488 g/mol. The molecule has 2 heterocycles. The van der Waals surface area contributed by atoms with Crippen LogP contribution in [0.4, 0.5) is 5.69 Å². The predicted octanol–water partition coefficient (Wildman–Crippen LogP) is 4.67. The van der Waals surface area contributed by atoms with Crippen molar-refractivity contribution in [3.8, 4) is 5.75 Å². The molecule has 1 aliphatic heterocycles. The minimum Gasteiger partial charge on any atom is -0.491 e. The first-order valence-corrected chi connectivity index (χ1v) is 14.2. The van der Waals surface area contributed by atoms with Gasteiger partial charge < -0.3 is 19.7 Å². The topological polar surface area (TPSA) is 84.0 Å². The first-order valence-electron chi connectivity index (χ1n) is 13.3. The smallest absolute Gasteiger partial charge is 0.257 e. The molecule has 202 valence electrons. The Morgan fingerprint density at radius 1 is 1.22 bits per heavy atom. The number of ether oxygens (including phenoxy) is 2. The van der Waals surface area contributed by atoms with Crippen molar-refractivity contribution in [1.29, 1.82) is 0 Å². The number of hydrogen-bond donors (Lipinski definition) is 1. The van der Waals surface area contributed by atoms with Crippen LogP contribution in [-0.4, -0.2) is 72.6 Å². The molecule has 1 aliphatic carbocycles. The van der Waals surface area contributed by atoms with Crippen molar-refractivity contribution in [2.45, 2.75) is 64.6 Å². The highest BCUT2D eigenvalue weighted by molar-refractivity contribution is 7.09. The van der Waals surface area contributed by atoms with Crippen LogP contribution in [0.25, 0.3) is 0 Å². The van der Waals surface area contributed by atoms with E-state index in [1.165, 1.54) is 6.42 Å². The molecule has 3 atom stereocenters. The average Bonchev–Trinajstić information content (AvgIpc) is 3.42. The molecule has 4 rings (SSSR count). The van der Waals surface area contributed by atoms with Gasteiger partial charge in [0, 0.05) is 62.5 Å². The third-order valence-electron chi connectivity index (χ3n) is 7.64. The number of carbonyl (C=O) groups is 2. The Labute approximate surface area is 224 Å². The van der Waals surface area contributed by atoms with Crippen LogP contribution < -0.4 is 10.1 Å². The molecule has 2 aromatic rings. The second-order valence-electron chi connectivity index (χ2n) is 10.5. The molecule has 0 saturated heterocycles. The lowest BCUT2D eigenvalue weighted by Crippen LogP contribution is -2.46. The molecule has 37 heavy (non-hydrogen) atoms. The van der Waals surface area contributed by atoms with Crippen LogP contribution in [0.3, 0.4) is 0 Å². The number of carbonyl (C=O) groups excluding carboxylic acids is 2. The Bertz CT molecular complexity index is 1040. The van der Waals surface area contributed by atoms with Gasteiger partial charge in [0.05, 0.1) is 18.2 Å². The van der Waals surface area contributed by atoms with E-state index in [0.29, 0.717) is 30.2 Å². The minimum atomic E-state index is -0.123. The number of rotatable bonds is 5. The molecule has 0 unspecified atom stereocenters. The van der Waals surface area contributed by atoms with Crippen molar-refractivity contribution in [2.24, 2.45) is 11.8 Å². The Hall–Kier alpha value is -2.49. The first-order chi connectivity index (χ1) is 17.9. The zero-order chi connectivity index (χ0) is 26.4. The fourth-order valence-corrected chi connectivity index (χ4v) is 5.90. The summed E-state index contributed by atoms with van der Waals surface area (Å²) in [4.78, 5) is 34.8. The van der Waals surface area contributed by atoms with E-state index in [2.05, 4.69) is 29.0 Å². The van der Waals surface area contributed by atoms with Crippen LogP contribution in [0.2, 0.25) is 0 Å². The molecule has 1 aromatic carbocycles. The van der Waals surface area contributed by atoms with Crippen LogP contribution in [-0.2, 0) is 16.1 Å². The van der Waals surface area contributed by atoms with Gasteiger partial charge >= 0.3 is 0 Å². The molecule has 8 nitrogen and oxygen atoms in total. The van der Waals surface area contributed by atoms with Crippen LogP contribution >= 0.6 is 11.3 Å². The molecule has 1 aromatic heterocycles. The molecule has 2 amide bonds. The van der Waals surface area contributed by atoms with Gasteiger partial charge in [-0.15, -0.1) is 11.3 Å². The maximum absolute atomic E-state index is 13.4. The number of aromatic nitrogens is 1. The summed E-state index contributed by atoms with van der Waals surface area (Å²) in [6.45, 7) is 6.68. The van der Waals surface area contributed by atoms with Crippen molar-refractivity contribution in [3.63, 3.8) is 0 Å². The number of fused-ring (bicyclic) bond motifs is 1. The average molecular weight is 529 g/mol. The number of likely N-dealkylation sites (N-methyl/N-ethyl adjacent to an activating group) is 1. The molecule has 1 N–H and O–H groups in total. The highest BCUT2D eigenvalue weighted by atomic mass is 32.1. The van der Waals surface area contributed by atoms with Gasteiger partial charge in [0.25, 0.3) is 5.91 Å². The zero-order valence-electron chi connectivity index (χ0n) is 22.4. The van der Waals surface area contributed by atoms with Crippen LogP contribution in [0.5, 0.6) is 5.75 Å². The van der Waals surface area contributed by atoms with Gasteiger partial charge in [0.15, 0.2) is 0 Å². The largest absolute Gasteiger partial charge is 0.491 e. The Morgan fingerprint density at radius 3 is 2.70 bits per heavy atom. The highest BCUT2D eigenvalue weighted by Crippen LogP contribution is 2.29. The van der Waals surface area contributed by atoms with Crippen LogP contribution in [0, 0.1) is 11.8 Å². The summed E-state index contributed by atoms with van der Waals surface area (Å²) in [5.74, 6) is 0.662. The number of nitrogens with zero attached hydrogens (tertiary/aromatic N) is 3. The number of anilines is 1.